The van der Waals surface area contributed by atoms with Gasteiger partial charge in [0, 0.05) is 11.1 Å². The molecule has 2 aromatic carbocycles. The quantitative estimate of drug-likeness (QED) is 0.725. The van der Waals surface area contributed by atoms with E-state index in [1.807, 2.05) is 6.07 Å². The number of hydrogen-bond donors (Lipinski definition) is 2. The summed E-state index contributed by atoms with van der Waals surface area (Å²) in [6.45, 7) is 3.63. The van der Waals surface area contributed by atoms with Crippen molar-refractivity contribution in [1.82, 2.24) is 9.97 Å². The first-order chi connectivity index (χ1) is 10.1. The van der Waals surface area contributed by atoms with Gasteiger partial charge in [-0.2, -0.15) is 0 Å². The Balaban J connectivity index is 2.10. The lowest BCUT2D eigenvalue weighted by Gasteiger charge is -2.03. The molecule has 0 radical (unpaired) electrons. The van der Waals surface area contributed by atoms with Crippen LogP contribution in [-0.4, -0.2) is 27.5 Å². The van der Waals surface area contributed by atoms with Gasteiger partial charge in [0.05, 0.1) is 11.0 Å². The molecule has 0 aliphatic heterocycles. The Morgan fingerprint density at radius 3 is 2.71 bits per heavy atom. The van der Waals surface area contributed by atoms with Gasteiger partial charge in [-0.25, -0.2) is 4.98 Å². The van der Waals surface area contributed by atoms with Gasteiger partial charge in [0.2, 0.25) is 0 Å². The van der Waals surface area contributed by atoms with Crippen molar-refractivity contribution in [2.24, 2.45) is 0 Å². The minimum Gasteiger partial charge on any atom is -0.388 e. The number of ketones is 1. The number of Topliss-reactive ketones (excluding diaryl/α,β-unsaturated/α-hetero) is 1. The van der Waals surface area contributed by atoms with E-state index in [1.54, 1.807) is 18.2 Å². The highest BCUT2D eigenvalue weighted by molar-refractivity contribution is 5.99. The van der Waals surface area contributed by atoms with Crippen LogP contribution in [-0.2, 0) is 0 Å². The molecule has 0 saturated heterocycles. The van der Waals surface area contributed by atoms with E-state index in [9.17, 15) is 4.79 Å². The van der Waals surface area contributed by atoms with Crippen molar-refractivity contribution in [1.29, 1.82) is 0 Å². The monoisotopic (exact) mass is 280 g/mol. The Morgan fingerprint density at radius 2 is 2.00 bits per heavy atom. The smallest absolute Gasteiger partial charge is 0.188 e. The molecule has 106 valence electrons. The number of aliphatic hydroxyl groups excluding tert-OH is 1. The number of H-pyrrole nitrogens is 1. The van der Waals surface area contributed by atoms with E-state index < -0.39 is 6.61 Å². The maximum absolute atomic E-state index is 11.5. The van der Waals surface area contributed by atoms with E-state index in [-0.39, 0.29) is 5.78 Å². The van der Waals surface area contributed by atoms with Gasteiger partial charge in [-0.05, 0) is 37.6 Å². The van der Waals surface area contributed by atoms with Crippen LogP contribution >= 0.6 is 0 Å². The number of hydrogen-bond acceptors (Lipinski definition) is 3. The van der Waals surface area contributed by atoms with Gasteiger partial charge in [0.15, 0.2) is 5.78 Å². The predicted octanol–water partition coefficient (Wildman–Crippen LogP) is 3.02. The third-order valence-electron chi connectivity index (χ3n) is 3.58. The number of aromatic nitrogens is 2. The first-order valence-corrected chi connectivity index (χ1v) is 6.80. The van der Waals surface area contributed by atoms with E-state index in [0.717, 1.165) is 28.0 Å². The summed E-state index contributed by atoms with van der Waals surface area (Å²) >= 11 is 0. The highest BCUT2D eigenvalue weighted by Gasteiger charge is 2.10. The number of aryl methyl sites for hydroxylation is 2. The molecule has 4 heteroatoms. The fourth-order valence-electron chi connectivity index (χ4n) is 2.48. The molecule has 0 atom stereocenters. The Hall–Kier alpha value is -2.46. The summed E-state index contributed by atoms with van der Waals surface area (Å²) < 4.78 is 0. The number of benzene rings is 2. The molecule has 0 aliphatic rings. The maximum Gasteiger partial charge on any atom is 0.188 e. The summed E-state index contributed by atoms with van der Waals surface area (Å²) in [6.07, 6.45) is 0. The Morgan fingerprint density at radius 1 is 1.19 bits per heavy atom. The largest absolute Gasteiger partial charge is 0.388 e. The molecule has 0 bridgehead atoms. The van der Waals surface area contributed by atoms with Gasteiger partial charge in [-0.1, -0.05) is 23.8 Å². The van der Waals surface area contributed by atoms with Crippen LogP contribution in [0.5, 0.6) is 0 Å². The van der Waals surface area contributed by atoms with Crippen LogP contribution in [0.3, 0.4) is 0 Å². The molecule has 4 nitrogen and oxygen atoms in total. The SMILES string of the molecule is Cc1ccc(-c2nc3ccc(C(=O)CO)cc3[nH]2)c(C)c1. The van der Waals surface area contributed by atoms with Crippen molar-refractivity contribution in [2.75, 3.05) is 6.61 Å². The van der Waals surface area contributed by atoms with Gasteiger partial charge in [0.25, 0.3) is 0 Å². The lowest BCUT2D eigenvalue weighted by molar-refractivity contribution is 0.0904. The van der Waals surface area contributed by atoms with Gasteiger partial charge in [-0.15, -0.1) is 0 Å². The number of carbonyl (C=O) groups is 1. The molecule has 21 heavy (non-hydrogen) atoms. The standard InChI is InChI=1S/C17H16N2O2/c1-10-3-5-13(11(2)7-10)17-18-14-6-4-12(16(21)9-20)8-15(14)19-17/h3-8,20H,9H2,1-2H3,(H,18,19). The second-order valence-electron chi connectivity index (χ2n) is 5.22. The van der Waals surface area contributed by atoms with Gasteiger partial charge in [-0.3, -0.25) is 4.79 Å². The topological polar surface area (TPSA) is 66.0 Å². The number of rotatable bonds is 3. The molecule has 2 N–H and O–H groups in total. The first-order valence-electron chi connectivity index (χ1n) is 6.80. The lowest BCUT2D eigenvalue weighted by atomic mass is 10.1. The first kappa shape index (κ1) is 13.5. The molecule has 0 unspecified atom stereocenters. The molecular weight excluding hydrogens is 264 g/mol. The number of imidazole rings is 1. The molecule has 0 spiro atoms. The molecule has 0 aliphatic carbocycles. The lowest BCUT2D eigenvalue weighted by Crippen LogP contribution is -2.03. The van der Waals surface area contributed by atoms with E-state index in [0.29, 0.717) is 5.56 Å². The van der Waals surface area contributed by atoms with Crippen LogP contribution in [0, 0.1) is 13.8 Å². The molecular formula is C17H16N2O2. The second kappa shape index (κ2) is 5.14. The normalized spacial score (nSPS) is 11.0. The maximum atomic E-state index is 11.5. The van der Waals surface area contributed by atoms with Gasteiger partial charge in [0.1, 0.15) is 12.4 Å². The zero-order valence-corrected chi connectivity index (χ0v) is 12.0. The molecule has 1 aromatic heterocycles. The van der Waals surface area contributed by atoms with Crippen molar-refractivity contribution in [2.45, 2.75) is 13.8 Å². The number of aliphatic hydroxyl groups is 1. The van der Waals surface area contributed by atoms with Crippen LogP contribution in [0.25, 0.3) is 22.4 Å². The van der Waals surface area contributed by atoms with E-state index in [2.05, 4.69) is 35.9 Å². The van der Waals surface area contributed by atoms with E-state index >= 15 is 0 Å². The third kappa shape index (κ3) is 2.45. The summed E-state index contributed by atoms with van der Waals surface area (Å²) in [5.41, 5.74) is 5.50. The average Bonchev–Trinajstić information content (AvgIpc) is 2.88. The van der Waals surface area contributed by atoms with Gasteiger partial charge >= 0.3 is 0 Å². The summed E-state index contributed by atoms with van der Waals surface area (Å²) in [7, 11) is 0. The number of carbonyl (C=O) groups excluding carboxylic acids is 1. The third-order valence-corrected chi connectivity index (χ3v) is 3.58. The van der Waals surface area contributed by atoms with Crippen LogP contribution in [0.1, 0.15) is 21.5 Å². The number of nitrogens with one attached hydrogen (secondary N) is 1. The fourth-order valence-corrected chi connectivity index (χ4v) is 2.48. The van der Waals surface area contributed by atoms with Gasteiger partial charge < -0.3 is 10.1 Å². The van der Waals surface area contributed by atoms with Crippen molar-refractivity contribution < 1.29 is 9.90 Å². The van der Waals surface area contributed by atoms with E-state index in [1.165, 1.54) is 5.56 Å². The fraction of sp³-hybridized carbons (Fsp3) is 0.176. The zero-order chi connectivity index (χ0) is 15.0. The van der Waals surface area contributed by atoms with Crippen molar-refractivity contribution >= 4 is 16.8 Å². The summed E-state index contributed by atoms with van der Waals surface area (Å²) in [5.74, 6) is 0.496. The number of nitrogens with zero attached hydrogens (tertiary/aromatic N) is 1. The minimum atomic E-state index is -0.483. The zero-order valence-electron chi connectivity index (χ0n) is 12.0. The van der Waals surface area contributed by atoms with Crippen LogP contribution in [0.2, 0.25) is 0 Å². The minimum absolute atomic E-state index is 0.292. The van der Waals surface area contributed by atoms with Crippen molar-refractivity contribution in [3.63, 3.8) is 0 Å². The molecule has 3 rings (SSSR count). The molecule has 1 heterocycles. The highest BCUT2D eigenvalue weighted by atomic mass is 16.3. The van der Waals surface area contributed by atoms with Crippen molar-refractivity contribution in [3.05, 3.63) is 53.1 Å². The Kier molecular flexibility index (Phi) is 3.31. The van der Waals surface area contributed by atoms with Crippen LogP contribution in [0.4, 0.5) is 0 Å². The number of fused-ring (bicyclic) bond motifs is 1. The highest BCUT2D eigenvalue weighted by Crippen LogP contribution is 2.24. The molecule has 0 fully saturated rings. The summed E-state index contributed by atoms with van der Waals surface area (Å²) in [6, 6.07) is 11.4. The second-order valence-corrected chi connectivity index (χ2v) is 5.22. The Bertz CT molecular complexity index is 834. The summed E-state index contributed by atoms with van der Waals surface area (Å²) in [5, 5.41) is 8.93. The molecule has 3 aromatic rings. The Labute approximate surface area is 122 Å². The van der Waals surface area contributed by atoms with Crippen LogP contribution in [0.15, 0.2) is 36.4 Å². The van der Waals surface area contributed by atoms with Crippen LogP contribution < -0.4 is 0 Å². The number of aromatic amines is 1. The average molecular weight is 280 g/mol. The van der Waals surface area contributed by atoms with E-state index in [4.69, 9.17) is 5.11 Å². The summed E-state index contributed by atoms with van der Waals surface area (Å²) in [4.78, 5) is 19.4. The van der Waals surface area contributed by atoms with Crippen molar-refractivity contribution in [3.8, 4) is 11.4 Å². The molecule has 0 amide bonds. The molecule has 0 saturated carbocycles. The predicted molar refractivity (Wildman–Crippen MR) is 82.4 cm³/mol.